The van der Waals surface area contributed by atoms with Crippen LogP contribution in [0.5, 0.6) is 0 Å². The van der Waals surface area contributed by atoms with Crippen molar-refractivity contribution in [3.8, 4) is 0 Å². The molecule has 0 amide bonds. The van der Waals surface area contributed by atoms with Crippen LogP contribution in [0, 0.1) is 0 Å². The quantitative estimate of drug-likeness (QED) is 0.849. The van der Waals surface area contributed by atoms with Crippen LogP contribution in [0.2, 0.25) is 0 Å². The molecule has 0 unspecified atom stereocenters. The number of hydrogen-bond acceptors (Lipinski definition) is 4. The molecule has 0 aliphatic carbocycles. The van der Waals surface area contributed by atoms with Gasteiger partial charge in [-0.2, -0.15) is 0 Å². The molecule has 2 aromatic rings. The van der Waals surface area contributed by atoms with Gasteiger partial charge in [0.15, 0.2) is 0 Å². The molecular formula is C16H19BrN2O4. The first-order chi connectivity index (χ1) is 10.6. The summed E-state index contributed by atoms with van der Waals surface area (Å²) in [4.78, 5) is 23.5. The molecule has 1 heterocycles. The molecule has 0 bridgehead atoms. The summed E-state index contributed by atoms with van der Waals surface area (Å²) in [7, 11) is 0. The number of aliphatic carboxylic acids is 1. The largest absolute Gasteiger partial charge is 0.480 e. The first-order valence-electron chi connectivity index (χ1n) is 7.11. The van der Waals surface area contributed by atoms with Gasteiger partial charge < -0.3 is 15.6 Å². The topological polar surface area (TPSA) is 94.5 Å². The third-order valence-corrected chi connectivity index (χ3v) is 4.07. The zero-order valence-electron chi connectivity index (χ0n) is 13.2. The van der Waals surface area contributed by atoms with Crippen LogP contribution in [0.3, 0.4) is 0 Å². The molecule has 23 heavy (non-hydrogen) atoms. The number of para-hydroxylation sites is 1. The van der Waals surface area contributed by atoms with Crippen LogP contribution < -0.4 is 5.73 Å². The highest BCUT2D eigenvalue weighted by molar-refractivity contribution is 9.10. The summed E-state index contributed by atoms with van der Waals surface area (Å²) in [5.74, 6) is -1.09. The van der Waals surface area contributed by atoms with Gasteiger partial charge in [-0.05, 0) is 48.3 Å². The Balaban J connectivity index is 2.56. The predicted molar refractivity (Wildman–Crippen MR) is 90.6 cm³/mol. The number of rotatable bonds is 3. The van der Waals surface area contributed by atoms with E-state index in [9.17, 15) is 9.59 Å². The summed E-state index contributed by atoms with van der Waals surface area (Å²) in [5, 5.41) is 9.80. The fourth-order valence-electron chi connectivity index (χ4n) is 2.26. The molecule has 3 N–H and O–H groups in total. The first-order valence-corrected chi connectivity index (χ1v) is 7.90. The molecule has 0 saturated heterocycles. The van der Waals surface area contributed by atoms with Crippen LogP contribution in [0.15, 0.2) is 28.9 Å². The Hall–Kier alpha value is -1.86. The fraction of sp³-hybridized carbons (Fsp3) is 0.375. The van der Waals surface area contributed by atoms with Gasteiger partial charge >= 0.3 is 12.1 Å². The van der Waals surface area contributed by atoms with E-state index in [4.69, 9.17) is 15.6 Å². The number of carboxylic acids is 1. The molecule has 1 aromatic heterocycles. The Morgan fingerprint density at radius 1 is 1.35 bits per heavy atom. The lowest BCUT2D eigenvalue weighted by Crippen LogP contribution is -2.32. The summed E-state index contributed by atoms with van der Waals surface area (Å²) in [6.07, 6.45) is -0.428. The minimum Gasteiger partial charge on any atom is -0.480 e. The second-order valence-corrected chi connectivity index (χ2v) is 7.00. The van der Waals surface area contributed by atoms with Crippen LogP contribution in [0.25, 0.3) is 10.9 Å². The molecule has 0 aliphatic rings. The smallest absolute Gasteiger partial charge is 0.419 e. The molecule has 6 nitrogen and oxygen atoms in total. The van der Waals surface area contributed by atoms with Crippen molar-refractivity contribution >= 4 is 38.9 Å². The Morgan fingerprint density at radius 2 is 1.96 bits per heavy atom. The van der Waals surface area contributed by atoms with Crippen LogP contribution in [-0.2, 0) is 16.0 Å². The van der Waals surface area contributed by atoms with Gasteiger partial charge in [-0.15, -0.1) is 0 Å². The number of aromatic nitrogens is 1. The van der Waals surface area contributed by atoms with E-state index in [0.717, 1.165) is 5.39 Å². The predicted octanol–water partition coefficient (Wildman–Crippen LogP) is 3.14. The van der Waals surface area contributed by atoms with E-state index in [-0.39, 0.29) is 6.42 Å². The van der Waals surface area contributed by atoms with Crippen molar-refractivity contribution in [3.63, 3.8) is 0 Å². The number of carbonyl (C=O) groups excluding carboxylic acids is 1. The van der Waals surface area contributed by atoms with Gasteiger partial charge in [0.2, 0.25) is 0 Å². The van der Waals surface area contributed by atoms with Crippen molar-refractivity contribution < 1.29 is 19.4 Å². The molecular weight excluding hydrogens is 364 g/mol. The SMILES string of the molecule is CC(C)(C)OC(=O)n1c(Br)c(C[C@@H](N)C(=O)O)c2ccccc21. The number of hydrogen-bond donors (Lipinski definition) is 2. The third-order valence-electron chi connectivity index (χ3n) is 3.23. The van der Waals surface area contributed by atoms with Gasteiger partial charge in [-0.3, -0.25) is 4.79 Å². The van der Waals surface area contributed by atoms with Gasteiger partial charge in [-0.1, -0.05) is 18.2 Å². The van der Waals surface area contributed by atoms with Crippen molar-refractivity contribution in [2.24, 2.45) is 5.73 Å². The number of carboxylic acid groups (broad SMARTS) is 1. The summed E-state index contributed by atoms with van der Waals surface area (Å²) in [6, 6.07) is 6.18. The van der Waals surface area contributed by atoms with Gasteiger partial charge in [-0.25, -0.2) is 9.36 Å². The number of nitrogens with two attached hydrogens (primary N) is 1. The minimum atomic E-state index is -1.09. The van der Waals surface area contributed by atoms with Gasteiger partial charge in [0.1, 0.15) is 11.6 Å². The zero-order valence-corrected chi connectivity index (χ0v) is 14.8. The van der Waals surface area contributed by atoms with E-state index >= 15 is 0 Å². The Labute approximate surface area is 142 Å². The molecule has 0 radical (unpaired) electrons. The van der Waals surface area contributed by atoms with E-state index in [2.05, 4.69) is 15.9 Å². The molecule has 0 spiro atoms. The molecule has 1 atom stereocenters. The maximum atomic E-state index is 12.5. The average Bonchev–Trinajstić information content (AvgIpc) is 2.69. The van der Waals surface area contributed by atoms with Crippen molar-refractivity contribution in [2.75, 3.05) is 0 Å². The Bertz CT molecular complexity index is 761. The summed E-state index contributed by atoms with van der Waals surface area (Å²) in [6.45, 7) is 5.35. The van der Waals surface area contributed by atoms with Crippen molar-refractivity contribution in [2.45, 2.75) is 38.8 Å². The maximum absolute atomic E-state index is 12.5. The van der Waals surface area contributed by atoms with Crippen molar-refractivity contribution in [1.29, 1.82) is 0 Å². The summed E-state index contributed by atoms with van der Waals surface area (Å²) < 4.78 is 7.28. The average molecular weight is 383 g/mol. The van der Waals surface area contributed by atoms with Crippen LogP contribution >= 0.6 is 15.9 Å². The molecule has 0 aliphatic heterocycles. The molecule has 0 saturated carbocycles. The Kier molecular flexibility index (Phi) is 4.81. The van der Waals surface area contributed by atoms with Crippen molar-refractivity contribution in [3.05, 3.63) is 34.4 Å². The lowest BCUT2D eigenvalue weighted by atomic mass is 10.1. The van der Waals surface area contributed by atoms with Gasteiger partial charge in [0, 0.05) is 11.8 Å². The fourth-order valence-corrected chi connectivity index (χ4v) is 2.97. The van der Waals surface area contributed by atoms with Crippen LogP contribution in [0.1, 0.15) is 26.3 Å². The first kappa shape index (κ1) is 17.5. The second kappa shape index (κ2) is 6.33. The lowest BCUT2D eigenvalue weighted by Gasteiger charge is -2.20. The highest BCUT2D eigenvalue weighted by atomic mass is 79.9. The van der Waals surface area contributed by atoms with Gasteiger partial charge in [0.25, 0.3) is 0 Å². The normalized spacial score (nSPS) is 13.1. The van der Waals surface area contributed by atoms with Crippen molar-refractivity contribution in [1.82, 2.24) is 4.57 Å². The molecule has 7 heteroatoms. The molecule has 1 aromatic carbocycles. The van der Waals surface area contributed by atoms with E-state index < -0.39 is 23.7 Å². The summed E-state index contributed by atoms with van der Waals surface area (Å²) in [5.41, 5.74) is 6.32. The monoisotopic (exact) mass is 382 g/mol. The number of halogens is 1. The second-order valence-electron chi connectivity index (χ2n) is 6.25. The van der Waals surface area contributed by atoms with Gasteiger partial charge in [0.05, 0.1) is 10.1 Å². The van der Waals surface area contributed by atoms with Crippen LogP contribution in [0.4, 0.5) is 4.79 Å². The summed E-state index contributed by atoms with van der Waals surface area (Å²) >= 11 is 3.39. The third kappa shape index (κ3) is 3.73. The number of fused-ring (bicyclic) bond motifs is 1. The van der Waals surface area contributed by atoms with E-state index in [1.807, 2.05) is 12.1 Å². The minimum absolute atomic E-state index is 0.103. The zero-order chi connectivity index (χ0) is 17.4. The van der Waals surface area contributed by atoms with E-state index in [1.165, 1.54) is 4.57 Å². The highest BCUT2D eigenvalue weighted by Crippen LogP contribution is 2.32. The number of ether oxygens (including phenoxy) is 1. The lowest BCUT2D eigenvalue weighted by molar-refractivity contribution is -0.138. The highest BCUT2D eigenvalue weighted by Gasteiger charge is 2.26. The van der Waals surface area contributed by atoms with E-state index in [0.29, 0.717) is 15.7 Å². The maximum Gasteiger partial charge on any atom is 0.419 e. The standard InChI is InChI=1S/C16H19BrN2O4/c1-16(2,3)23-15(22)19-12-7-5-4-6-9(12)10(13(19)17)8-11(18)14(20)21/h4-7,11H,8,18H2,1-3H3,(H,20,21)/t11-/m1/s1. The molecule has 2 rings (SSSR count). The molecule has 124 valence electrons. The Morgan fingerprint density at radius 3 is 2.52 bits per heavy atom. The van der Waals surface area contributed by atoms with Crippen LogP contribution in [-0.4, -0.2) is 33.4 Å². The number of benzene rings is 1. The number of nitrogens with zero attached hydrogens (tertiary/aromatic N) is 1. The molecule has 0 fully saturated rings. The number of carbonyl (C=O) groups is 2. The van der Waals surface area contributed by atoms with E-state index in [1.54, 1.807) is 32.9 Å².